The van der Waals surface area contributed by atoms with Crippen LogP contribution in [0.3, 0.4) is 0 Å². The van der Waals surface area contributed by atoms with E-state index in [1.807, 2.05) is 6.07 Å². The first-order valence-corrected chi connectivity index (χ1v) is 6.44. The van der Waals surface area contributed by atoms with Crippen LogP contribution in [0.15, 0.2) is 18.2 Å². The van der Waals surface area contributed by atoms with E-state index in [4.69, 9.17) is 5.26 Å². The molecule has 21 heavy (non-hydrogen) atoms. The third-order valence-corrected chi connectivity index (χ3v) is 3.58. The Labute approximate surface area is 122 Å². The Morgan fingerprint density at radius 3 is 2.62 bits per heavy atom. The first kappa shape index (κ1) is 14.7. The molecule has 1 aliphatic heterocycles. The van der Waals surface area contributed by atoms with Crippen molar-refractivity contribution >= 4 is 23.3 Å². The molecular weight excluding hydrogens is 270 g/mol. The predicted molar refractivity (Wildman–Crippen MR) is 75.7 cm³/mol. The highest BCUT2D eigenvalue weighted by Gasteiger charge is 2.42. The molecule has 1 aromatic rings. The molecule has 0 aliphatic carbocycles. The summed E-state index contributed by atoms with van der Waals surface area (Å²) in [6, 6.07) is 6.62. The van der Waals surface area contributed by atoms with Crippen molar-refractivity contribution in [1.82, 2.24) is 5.32 Å². The molecule has 108 valence electrons. The van der Waals surface area contributed by atoms with Gasteiger partial charge < -0.3 is 4.90 Å². The number of Topliss-reactive ketones (excluding diaryl/α,β-unsaturated/α-hetero) is 1. The number of imide groups is 1. The maximum Gasteiger partial charge on any atom is 0.251 e. The Hall–Kier alpha value is -2.68. The summed E-state index contributed by atoms with van der Waals surface area (Å²) in [7, 11) is 0. The lowest BCUT2D eigenvalue weighted by Crippen LogP contribution is -2.64. The van der Waals surface area contributed by atoms with Gasteiger partial charge in [-0.3, -0.25) is 19.7 Å². The number of anilines is 1. The zero-order valence-electron chi connectivity index (χ0n) is 12.1. The van der Waals surface area contributed by atoms with Gasteiger partial charge in [0.05, 0.1) is 23.9 Å². The number of carbonyl (C=O) groups is 3. The number of amides is 2. The highest BCUT2D eigenvalue weighted by atomic mass is 16.2. The molecule has 6 heteroatoms. The Bertz CT molecular complexity index is 686. The highest BCUT2D eigenvalue weighted by molar-refractivity contribution is 6.09. The minimum atomic E-state index is -0.994. The molecule has 0 saturated carbocycles. The Morgan fingerprint density at radius 1 is 1.38 bits per heavy atom. The van der Waals surface area contributed by atoms with Crippen molar-refractivity contribution in [3.05, 3.63) is 29.3 Å². The van der Waals surface area contributed by atoms with Gasteiger partial charge >= 0.3 is 0 Å². The molecule has 0 aromatic heterocycles. The van der Waals surface area contributed by atoms with Crippen LogP contribution in [-0.2, 0) is 9.59 Å². The number of benzene rings is 1. The van der Waals surface area contributed by atoms with Crippen LogP contribution in [0.1, 0.15) is 36.7 Å². The summed E-state index contributed by atoms with van der Waals surface area (Å²) in [5, 5.41) is 11.3. The largest absolute Gasteiger partial charge is 0.347 e. The highest BCUT2D eigenvalue weighted by Crippen LogP contribution is 2.30. The van der Waals surface area contributed by atoms with E-state index in [9.17, 15) is 14.4 Å². The first-order valence-electron chi connectivity index (χ1n) is 6.44. The Kier molecular flexibility index (Phi) is 3.52. The van der Waals surface area contributed by atoms with Crippen LogP contribution in [0.4, 0.5) is 5.69 Å². The van der Waals surface area contributed by atoms with Crippen LogP contribution in [-0.4, -0.2) is 29.7 Å². The second kappa shape index (κ2) is 5.02. The maximum atomic E-state index is 12.0. The van der Waals surface area contributed by atoms with Crippen molar-refractivity contribution in [3.63, 3.8) is 0 Å². The van der Waals surface area contributed by atoms with E-state index in [0.717, 1.165) is 0 Å². The van der Waals surface area contributed by atoms with E-state index >= 15 is 0 Å². The molecule has 1 aliphatic rings. The molecule has 1 heterocycles. The smallest absolute Gasteiger partial charge is 0.251 e. The number of ketones is 1. The van der Waals surface area contributed by atoms with Crippen LogP contribution < -0.4 is 10.2 Å². The van der Waals surface area contributed by atoms with Crippen molar-refractivity contribution < 1.29 is 14.4 Å². The number of hydrogen-bond donors (Lipinski definition) is 1. The molecule has 1 saturated heterocycles. The molecule has 0 unspecified atom stereocenters. The van der Waals surface area contributed by atoms with Crippen molar-refractivity contribution in [2.75, 3.05) is 11.4 Å². The quantitative estimate of drug-likeness (QED) is 0.646. The van der Waals surface area contributed by atoms with Crippen LogP contribution in [0, 0.1) is 11.3 Å². The van der Waals surface area contributed by atoms with Gasteiger partial charge in [0.1, 0.15) is 5.54 Å². The topological polar surface area (TPSA) is 90.3 Å². The van der Waals surface area contributed by atoms with Crippen molar-refractivity contribution in [1.29, 1.82) is 5.26 Å². The van der Waals surface area contributed by atoms with Gasteiger partial charge in [-0.1, -0.05) is 0 Å². The zero-order valence-corrected chi connectivity index (χ0v) is 12.1. The van der Waals surface area contributed by atoms with Crippen LogP contribution >= 0.6 is 0 Å². The average molecular weight is 285 g/mol. The van der Waals surface area contributed by atoms with Gasteiger partial charge in [-0.05, 0) is 39.0 Å². The molecule has 0 atom stereocenters. The molecule has 0 spiro atoms. The fraction of sp³-hybridized carbons (Fsp3) is 0.333. The van der Waals surface area contributed by atoms with Gasteiger partial charge in [-0.15, -0.1) is 0 Å². The number of hydrogen-bond acceptors (Lipinski definition) is 5. The summed E-state index contributed by atoms with van der Waals surface area (Å²) in [5.41, 5.74) is 0.176. The Balaban J connectivity index is 2.63. The van der Waals surface area contributed by atoms with Gasteiger partial charge in [0.2, 0.25) is 5.91 Å². The first-order chi connectivity index (χ1) is 9.77. The molecule has 2 rings (SSSR count). The van der Waals surface area contributed by atoms with Crippen LogP contribution in [0.2, 0.25) is 0 Å². The van der Waals surface area contributed by atoms with Gasteiger partial charge in [0, 0.05) is 5.56 Å². The number of rotatable bonds is 2. The van der Waals surface area contributed by atoms with Crippen molar-refractivity contribution in [2.45, 2.75) is 26.3 Å². The summed E-state index contributed by atoms with van der Waals surface area (Å²) < 4.78 is 0. The van der Waals surface area contributed by atoms with Crippen LogP contribution in [0.5, 0.6) is 0 Å². The van der Waals surface area contributed by atoms with E-state index in [-0.39, 0.29) is 12.3 Å². The lowest BCUT2D eigenvalue weighted by atomic mass is 9.95. The maximum absolute atomic E-state index is 12.0. The number of piperazine rings is 1. The van der Waals surface area contributed by atoms with Crippen LogP contribution in [0.25, 0.3) is 0 Å². The molecule has 0 radical (unpaired) electrons. The molecule has 6 nitrogen and oxygen atoms in total. The lowest BCUT2D eigenvalue weighted by molar-refractivity contribution is -0.135. The summed E-state index contributed by atoms with van der Waals surface area (Å²) in [6.45, 7) is 4.69. The zero-order chi connectivity index (χ0) is 15.8. The Morgan fingerprint density at radius 2 is 2.05 bits per heavy atom. The van der Waals surface area contributed by atoms with E-state index in [0.29, 0.717) is 16.8 Å². The number of nitriles is 1. The predicted octanol–water partition coefficient (Wildman–Crippen LogP) is 1.00. The number of nitrogens with zero attached hydrogens (tertiary/aromatic N) is 2. The number of nitrogens with one attached hydrogen (secondary N) is 1. The van der Waals surface area contributed by atoms with Gasteiger partial charge in [-0.25, -0.2) is 0 Å². The minimum Gasteiger partial charge on any atom is -0.347 e. The monoisotopic (exact) mass is 285 g/mol. The second-order valence-corrected chi connectivity index (χ2v) is 5.42. The summed E-state index contributed by atoms with van der Waals surface area (Å²) in [4.78, 5) is 37.0. The summed E-state index contributed by atoms with van der Waals surface area (Å²) in [5.74, 6) is -1.06. The average Bonchev–Trinajstić information content (AvgIpc) is 2.42. The molecule has 0 bridgehead atoms. The van der Waals surface area contributed by atoms with E-state index < -0.39 is 17.4 Å². The molecular formula is C15H15N3O3. The van der Waals surface area contributed by atoms with Gasteiger partial charge in [-0.2, -0.15) is 5.26 Å². The fourth-order valence-electron chi connectivity index (χ4n) is 2.29. The molecule has 2 amide bonds. The lowest BCUT2D eigenvalue weighted by Gasteiger charge is -2.42. The van der Waals surface area contributed by atoms with Gasteiger partial charge in [0.15, 0.2) is 5.78 Å². The van der Waals surface area contributed by atoms with E-state index in [2.05, 4.69) is 5.32 Å². The molecule has 1 fully saturated rings. The van der Waals surface area contributed by atoms with Crippen molar-refractivity contribution in [2.24, 2.45) is 0 Å². The molecule has 1 aromatic carbocycles. The normalized spacial score (nSPS) is 17.1. The second-order valence-electron chi connectivity index (χ2n) is 5.42. The standard InChI is InChI=1S/C15H15N3O3/c1-9(19)11-5-4-10(7-16)6-12(11)18-8-13(20)17-14(21)15(18,2)3/h4-6H,8H2,1-3H3,(H,17,20,21). The fourth-order valence-corrected chi connectivity index (χ4v) is 2.29. The third kappa shape index (κ3) is 2.50. The van der Waals surface area contributed by atoms with E-state index in [1.165, 1.54) is 13.0 Å². The van der Waals surface area contributed by atoms with Gasteiger partial charge in [0.25, 0.3) is 5.91 Å². The van der Waals surface area contributed by atoms with Crippen molar-refractivity contribution in [3.8, 4) is 6.07 Å². The minimum absolute atomic E-state index is 0.0477. The molecule has 1 N–H and O–H groups in total. The van der Waals surface area contributed by atoms with E-state index in [1.54, 1.807) is 30.9 Å². The summed E-state index contributed by atoms with van der Waals surface area (Å²) >= 11 is 0. The SMILES string of the molecule is CC(=O)c1ccc(C#N)cc1N1CC(=O)NC(=O)C1(C)C. The number of carbonyl (C=O) groups excluding carboxylic acids is 3. The summed E-state index contributed by atoms with van der Waals surface area (Å²) in [6.07, 6.45) is 0. The third-order valence-electron chi connectivity index (χ3n) is 3.58.